The van der Waals surface area contributed by atoms with Gasteiger partial charge in [-0.3, -0.25) is 0 Å². The number of hydrogen-bond donors (Lipinski definition) is 0. The zero-order chi connectivity index (χ0) is 24.3. The second-order valence-electron chi connectivity index (χ2n) is 7.46. The summed E-state index contributed by atoms with van der Waals surface area (Å²) in [5.41, 5.74) is 8.17. The summed E-state index contributed by atoms with van der Waals surface area (Å²) >= 11 is 0. The van der Waals surface area contributed by atoms with Gasteiger partial charge in [-0.1, -0.05) is 157 Å². The van der Waals surface area contributed by atoms with Crippen LogP contribution in [0.15, 0.2) is 109 Å². The molecule has 0 radical (unpaired) electrons. The van der Waals surface area contributed by atoms with Crippen LogP contribution in [0.1, 0.15) is 59.1 Å². The SMILES string of the molecule is CC.CCC.CCc1ccccc1-c1ccccc1.CCc1ccccc1-c1ccccc1. The molecule has 0 spiro atoms. The second kappa shape index (κ2) is 17.4. The van der Waals surface area contributed by atoms with Crippen molar-refractivity contribution in [1.82, 2.24) is 0 Å². The predicted molar refractivity (Wildman–Crippen MR) is 150 cm³/mol. The first-order chi connectivity index (χ1) is 16.2. The van der Waals surface area contributed by atoms with Gasteiger partial charge in [0.2, 0.25) is 0 Å². The molecular formula is C33H42. The van der Waals surface area contributed by atoms with E-state index in [4.69, 9.17) is 0 Å². The molecule has 4 aromatic rings. The van der Waals surface area contributed by atoms with Gasteiger partial charge in [0.05, 0.1) is 0 Å². The first-order valence-electron chi connectivity index (χ1n) is 12.5. The lowest BCUT2D eigenvalue weighted by Crippen LogP contribution is -1.85. The Hall–Kier alpha value is -3.12. The molecule has 0 aliphatic carbocycles. The minimum Gasteiger partial charge on any atom is -0.0683 e. The van der Waals surface area contributed by atoms with Gasteiger partial charge in [-0.05, 0) is 46.2 Å². The van der Waals surface area contributed by atoms with E-state index in [0.29, 0.717) is 0 Å². The van der Waals surface area contributed by atoms with Crippen molar-refractivity contribution in [3.8, 4) is 22.3 Å². The van der Waals surface area contributed by atoms with Crippen LogP contribution in [-0.2, 0) is 12.8 Å². The zero-order valence-electron chi connectivity index (χ0n) is 21.5. The highest BCUT2D eigenvalue weighted by atomic mass is 14.1. The fourth-order valence-electron chi connectivity index (χ4n) is 3.46. The monoisotopic (exact) mass is 438 g/mol. The highest BCUT2D eigenvalue weighted by molar-refractivity contribution is 5.67. The largest absolute Gasteiger partial charge is 0.0683 e. The van der Waals surface area contributed by atoms with Crippen molar-refractivity contribution in [3.63, 3.8) is 0 Å². The third kappa shape index (κ3) is 9.49. The smallest absolute Gasteiger partial charge is 0.0152 e. The molecule has 0 heteroatoms. The van der Waals surface area contributed by atoms with Gasteiger partial charge in [0.25, 0.3) is 0 Å². The van der Waals surface area contributed by atoms with Crippen molar-refractivity contribution in [1.29, 1.82) is 0 Å². The fourth-order valence-corrected chi connectivity index (χ4v) is 3.46. The van der Waals surface area contributed by atoms with Gasteiger partial charge >= 0.3 is 0 Å². The molecule has 0 unspecified atom stereocenters. The van der Waals surface area contributed by atoms with Crippen LogP contribution in [0.25, 0.3) is 22.3 Å². The van der Waals surface area contributed by atoms with Crippen LogP contribution in [-0.4, -0.2) is 0 Å². The van der Waals surface area contributed by atoms with E-state index in [1.165, 1.54) is 39.8 Å². The normalized spacial score (nSPS) is 9.27. The van der Waals surface area contributed by atoms with Crippen LogP contribution in [0.5, 0.6) is 0 Å². The van der Waals surface area contributed by atoms with Crippen LogP contribution in [0.4, 0.5) is 0 Å². The maximum Gasteiger partial charge on any atom is -0.0152 e. The van der Waals surface area contributed by atoms with Gasteiger partial charge in [0.15, 0.2) is 0 Å². The molecule has 33 heavy (non-hydrogen) atoms. The summed E-state index contributed by atoms with van der Waals surface area (Å²) in [5, 5.41) is 0. The highest BCUT2D eigenvalue weighted by Gasteiger charge is 2.01. The summed E-state index contributed by atoms with van der Waals surface area (Å²) in [6.07, 6.45) is 3.43. The average Bonchev–Trinajstić information content (AvgIpc) is 2.91. The maximum atomic E-state index is 2.20. The van der Waals surface area contributed by atoms with Gasteiger partial charge in [-0.25, -0.2) is 0 Å². The summed E-state index contributed by atoms with van der Waals surface area (Å²) < 4.78 is 0. The molecule has 0 amide bonds. The zero-order valence-corrected chi connectivity index (χ0v) is 21.5. The molecule has 0 heterocycles. The third-order valence-electron chi connectivity index (χ3n) is 4.97. The number of aryl methyl sites for hydroxylation is 2. The first-order valence-corrected chi connectivity index (χ1v) is 12.5. The van der Waals surface area contributed by atoms with Gasteiger partial charge in [0.1, 0.15) is 0 Å². The van der Waals surface area contributed by atoms with Crippen LogP contribution in [0, 0.1) is 0 Å². The van der Waals surface area contributed by atoms with Crippen molar-refractivity contribution in [2.75, 3.05) is 0 Å². The molecule has 0 N–H and O–H groups in total. The molecular weight excluding hydrogens is 396 g/mol. The average molecular weight is 439 g/mol. The Balaban J connectivity index is 0.000000277. The standard InChI is InChI=1S/2C14H14.C3H8.C2H6/c2*1-2-12-8-6-7-11-14(12)13-9-4-3-5-10-13;1-3-2;1-2/h2*3-11H,2H2,1H3;3H2,1-2H3;1-2H3. The molecule has 0 atom stereocenters. The first kappa shape index (κ1) is 27.9. The van der Waals surface area contributed by atoms with Crippen LogP contribution >= 0.6 is 0 Å². The third-order valence-corrected chi connectivity index (χ3v) is 4.97. The quantitative estimate of drug-likeness (QED) is 0.297. The molecule has 0 aliphatic rings. The summed E-state index contributed by atoms with van der Waals surface area (Å²) in [6, 6.07) is 38.3. The van der Waals surface area contributed by atoms with E-state index < -0.39 is 0 Å². The molecule has 174 valence electrons. The Morgan fingerprint density at radius 1 is 0.394 bits per heavy atom. The maximum absolute atomic E-state index is 2.20. The summed E-state index contributed by atoms with van der Waals surface area (Å²) in [5.74, 6) is 0. The number of benzene rings is 4. The van der Waals surface area contributed by atoms with E-state index in [-0.39, 0.29) is 0 Å². The minimum absolute atomic E-state index is 1.09. The van der Waals surface area contributed by atoms with Gasteiger partial charge in [0, 0.05) is 0 Å². The van der Waals surface area contributed by atoms with E-state index in [0.717, 1.165) is 12.8 Å². The van der Waals surface area contributed by atoms with Gasteiger partial charge in [-0.2, -0.15) is 0 Å². The van der Waals surface area contributed by atoms with Crippen molar-refractivity contribution in [2.24, 2.45) is 0 Å². The Morgan fingerprint density at radius 3 is 0.970 bits per heavy atom. The molecule has 0 saturated carbocycles. The molecule has 0 nitrogen and oxygen atoms in total. The molecule has 4 aromatic carbocycles. The van der Waals surface area contributed by atoms with Crippen molar-refractivity contribution < 1.29 is 0 Å². The fraction of sp³-hybridized carbons (Fsp3) is 0.273. The summed E-state index contributed by atoms with van der Waals surface area (Å²) in [7, 11) is 0. The Morgan fingerprint density at radius 2 is 0.667 bits per heavy atom. The molecule has 4 rings (SSSR count). The lowest BCUT2D eigenvalue weighted by molar-refractivity contribution is 1.09. The van der Waals surface area contributed by atoms with E-state index in [2.05, 4.69) is 137 Å². The van der Waals surface area contributed by atoms with Crippen LogP contribution in [0.2, 0.25) is 0 Å². The number of rotatable bonds is 4. The Kier molecular flexibility index (Phi) is 14.7. The van der Waals surface area contributed by atoms with Gasteiger partial charge < -0.3 is 0 Å². The van der Waals surface area contributed by atoms with Crippen molar-refractivity contribution in [3.05, 3.63) is 120 Å². The Labute approximate surface area is 203 Å². The van der Waals surface area contributed by atoms with E-state index >= 15 is 0 Å². The summed E-state index contributed by atoms with van der Waals surface area (Å²) in [4.78, 5) is 0. The van der Waals surface area contributed by atoms with Crippen LogP contribution in [0.3, 0.4) is 0 Å². The van der Waals surface area contributed by atoms with E-state index in [1.807, 2.05) is 13.8 Å². The van der Waals surface area contributed by atoms with E-state index in [1.54, 1.807) is 0 Å². The lowest BCUT2D eigenvalue weighted by Gasteiger charge is -2.06. The highest BCUT2D eigenvalue weighted by Crippen LogP contribution is 2.24. The second-order valence-corrected chi connectivity index (χ2v) is 7.46. The van der Waals surface area contributed by atoms with Crippen molar-refractivity contribution >= 4 is 0 Å². The molecule has 0 aliphatic heterocycles. The van der Waals surface area contributed by atoms with Gasteiger partial charge in [-0.15, -0.1) is 0 Å². The van der Waals surface area contributed by atoms with Crippen LogP contribution < -0.4 is 0 Å². The topological polar surface area (TPSA) is 0 Å². The molecule has 0 aromatic heterocycles. The molecule has 0 bridgehead atoms. The summed E-state index contributed by atoms with van der Waals surface area (Å²) in [6.45, 7) is 12.6. The predicted octanol–water partition coefficient (Wildman–Crippen LogP) is 10.3. The minimum atomic E-state index is 1.09. The lowest BCUT2D eigenvalue weighted by atomic mass is 9.98. The Bertz CT molecular complexity index is 901. The van der Waals surface area contributed by atoms with E-state index in [9.17, 15) is 0 Å². The molecule has 0 fully saturated rings. The molecule has 0 saturated heterocycles. The number of hydrogen-bond acceptors (Lipinski definition) is 0. The van der Waals surface area contributed by atoms with Crippen molar-refractivity contribution in [2.45, 2.75) is 60.8 Å².